The summed E-state index contributed by atoms with van der Waals surface area (Å²) in [6.45, 7) is 1.46. The maximum absolute atomic E-state index is 12.0. The standard InChI is InChI=1S/C13H25N3O3S.ClH/c1-20(18,19)16-11-7-4-5-10(11)9-15-13(17)12-6-2-3-8-14-12;/h10-12,14,16H,2-9H2,1H3,(H,15,17);1H. The molecule has 2 aliphatic rings. The molecule has 1 heterocycles. The van der Waals surface area contributed by atoms with Gasteiger partial charge < -0.3 is 10.6 Å². The zero-order valence-corrected chi connectivity index (χ0v) is 14.1. The van der Waals surface area contributed by atoms with Gasteiger partial charge in [0.1, 0.15) is 0 Å². The monoisotopic (exact) mass is 339 g/mol. The number of sulfonamides is 1. The molecule has 0 aromatic rings. The number of hydrogen-bond donors (Lipinski definition) is 3. The van der Waals surface area contributed by atoms with Crippen LogP contribution in [0.2, 0.25) is 0 Å². The van der Waals surface area contributed by atoms with Crippen molar-refractivity contribution in [2.75, 3.05) is 19.3 Å². The summed E-state index contributed by atoms with van der Waals surface area (Å²) in [4.78, 5) is 12.0. The normalized spacial score (nSPS) is 29.7. The van der Waals surface area contributed by atoms with E-state index in [1.165, 1.54) is 6.26 Å². The van der Waals surface area contributed by atoms with Crippen LogP contribution in [0.25, 0.3) is 0 Å². The third kappa shape index (κ3) is 6.10. The molecule has 1 aliphatic carbocycles. The van der Waals surface area contributed by atoms with Crippen molar-refractivity contribution in [3.05, 3.63) is 0 Å². The Morgan fingerprint density at radius 2 is 1.95 bits per heavy atom. The highest BCUT2D eigenvalue weighted by Gasteiger charge is 2.30. The van der Waals surface area contributed by atoms with E-state index in [1.54, 1.807) is 0 Å². The van der Waals surface area contributed by atoms with Gasteiger partial charge in [-0.25, -0.2) is 13.1 Å². The van der Waals surface area contributed by atoms with Crippen LogP contribution < -0.4 is 15.4 Å². The minimum Gasteiger partial charge on any atom is -0.354 e. The van der Waals surface area contributed by atoms with Gasteiger partial charge in [0.2, 0.25) is 15.9 Å². The molecule has 6 nitrogen and oxygen atoms in total. The van der Waals surface area contributed by atoms with Gasteiger partial charge in [0.15, 0.2) is 0 Å². The molecule has 2 fully saturated rings. The molecular formula is C13H26ClN3O3S. The third-order valence-electron chi connectivity index (χ3n) is 4.19. The Hall–Kier alpha value is -0.370. The second kappa shape index (κ2) is 8.31. The lowest BCUT2D eigenvalue weighted by atomic mass is 10.0. The minimum atomic E-state index is -3.17. The summed E-state index contributed by atoms with van der Waals surface area (Å²) in [7, 11) is -3.17. The highest BCUT2D eigenvalue weighted by Crippen LogP contribution is 2.25. The molecule has 1 saturated heterocycles. The van der Waals surface area contributed by atoms with E-state index >= 15 is 0 Å². The van der Waals surface area contributed by atoms with Gasteiger partial charge in [0.25, 0.3) is 0 Å². The van der Waals surface area contributed by atoms with Gasteiger partial charge in [-0.05, 0) is 38.1 Å². The van der Waals surface area contributed by atoms with E-state index in [0.29, 0.717) is 6.54 Å². The van der Waals surface area contributed by atoms with Crippen LogP contribution in [-0.4, -0.2) is 45.8 Å². The van der Waals surface area contributed by atoms with Gasteiger partial charge in [-0.3, -0.25) is 4.79 Å². The molecule has 21 heavy (non-hydrogen) atoms. The molecular weight excluding hydrogens is 314 g/mol. The summed E-state index contributed by atoms with van der Waals surface area (Å²) in [6, 6.07) is -0.115. The Morgan fingerprint density at radius 3 is 2.57 bits per heavy atom. The molecule has 0 aromatic carbocycles. The summed E-state index contributed by atoms with van der Waals surface area (Å²) in [5, 5.41) is 6.19. The molecule has 124 valence electrons. The van der Waals surface area contributed by atoms with Crippen molar-refractivity contribution in [1.29, 1.82) is 0 Å². The van der Waals surface area contributed by atoms with E-state index in [9.17, 15) is 13.2 Å². The topological polar surface area (TPSA) is 87.3 Å². The van der Waals surface area contributed by atoms with Crippen molar-refractivity contribution in [2.24, 2.45) is 5.92 Å². The Morgan fingerprint density at radius 1 is 1.19 bits per heavy atom. The largest absolute Gasteiger partial charge is 0.354 e. The van der Waals surface area contributed by atoms with Crippen molar-refractivity contribution < 1.29 is 13.2 Å². The first-order valence-corrected chi connectivity index (χ1v) is 9.33. The molecule has 3 N–H and O–H groups in total. The number of piperidine rings is 1. The van der Waals surface area contributed by atoms with Crippen molar-refractivity contribution in [2.45, 2.75) is 50.6 Å². The fourth-order valence-electron chi connectivity index (χ4n) is 3.14. The van der Waals surface area contributed by atoms with Crippen molar-refractivity contribution in [3.63, 3.8) is 0 Å². The highest BCUT2D eigenvalue weighted by molar-refractivity contribution is 7.88. The van der Waals surface area contributed by atoms with Gasteiger partial charge in [0.05, 0.1) is 12.3 Å². The van der Waals surface area contributed by atoms with Gasteiger partial charge in [-0.2, -0.15) is 0 Å². The average molecular weight is 340 g/mol. The maximum Gasteiger partial charge on any atom is 0.237 e. The summed E-state index contributed by atoms with van der Waals surface area (Å²) in [5.74, 6) is 0.256. The van der Waals surface area contributed by atoms with E-state index in [0.717, 1.165) is 45.1 Å². The van der Waals surface area contributed by atoms with E-state index in [2.05, 4.69) is 15.4 Å². The Balaban J connectivity index is 0.00000220. The smallest absolute Gasteiger partial charge is 0.237 e. The van der Waals surface area contributed by atoms with Crippen LogP contribution in [0.1, 0.15) is 38.5 Å². The number of carbonyl (C=O) groups excluding carboxylic acids is 1. The van der Waals surface area contributed by atoms with E-state index in [1.807, 2.05) is 0 Å². The molecule has 3 atom stereocenters. The lowest BCUT2D eigenvalue weighted by molar-refractivity contribution is -0.123. The summed E-state index contributed by atoms with van der Waals surface area (Å²) in [5.41, 5.74) is 0. The third-order valence-corrected chi connectivity index (χ3v) is 4.92. The van der Waals surface area contributed by atoms with Crippen LogP contribution in [0, 0.1) is 5.92 Å². The summed E-state index contributed by atoms with van der Waals surface area (Å²) in [6.07, 6.45) is 7.13. The predicted octanol–water partition coefficient (Wildman–Crippen LogP) is 0.384. The molecule has 0 spiro atoms. The molecule has 0 aromatic heterocycles. The summed E-state index contributed by atoms with van der Waals surface area (Å²) < 4.78 is 25.3. The number of nitrogens with one attached hydrogen (secondary N) is 3. The number of amides is 1. The zero-order chi connectivity index (χ0) is 14.6. The van der Waals surface area contributed by atoms with Crippen LogP contribution >= 0.6 is 12.4 Å². The molecule has 1 aliphatic heterocycles. The molecule has 3 unspecified atom stereocenters. The molecule has 1 amide bonds. The number of rotatable bonds is 5. The Labute approximate surface area is 133 Å². The molecule has 1 saturated carbocycles. The quantitative estimate of drug-likeness (QED) is 0.676. The lowest BCUT2D eigenvalue weighted by Crippen LogP contribution is -2.49. The van der Waals surface area contributed by atoms with Crippen LogP contribution in [0.5, 0.6) is 0 Å². The maximum atomic E-state index is 12.0. The second-order valence-electron chi connectivity index (χ2n) is 5.94. The first-order chi connectivity index (χ1) is 9.46. The molecule has 2 rings (SSSR count). The SMILES string of the molecule is CS(=O)(=O)NC1CCCC1CNC(=O)C1CCCCN1.Cl. The number of carbonyl (C=O) groups is 1. The fraction of sp³-hybridized carbons (Fsp3) is 0.923. The molecule has 0 bridgehead atoms. The Bertz CT molecular complexity index is 438. The molecule has 8 heteroatoms. The van der Waals surface area contributed by atoms with Crippen molar-refractivity contribution >= 4 is 28.3 Å². The lowest BCUT2D eigenvalue weighted by Gasteiger charge is -2.25. The predicted molar refractivity (Wildman–Crippen MR) is 85.0 cm³/mol. The summed E-state index contributed by atoms with van der Waals surface area (Å²) >= 11 is 0. The number of halogens is 1. The average Bonchev–Trinajstić information content (AvgIpc) is 2.82. The van der Waals surface area contributed by atoms with Crippen LogP contribution in [0.3, 0.4) is 0 Å². The molecule has 0 radical (unpaired) electrons. The fourth-order valence-corrected chi connectivity index (χ4v) is 4.00. The minimum absolute atomic E-state index is 0. The second-order valence-corrected chi connectivity index (χ2v) is 7.72. The van der Waals surface area contributed by atoms with E-state index < -0.39 is 10.0 Å². The van der Waals surface area contributed by atoms with Gasteiger partial charge in [-0.1, -0.05) is 12.8 Å². The Kier molecular flexibility index (Phi) is 7.39. The highest BCUT2D eigenvalue weighted by atomic mass is 35.5. The van der Waals surface area contributed by atoms with Gasteiger partial charge in [0, 0.05) is 12.6 Å². The van der Waals surface area contributed by atoms with Gasteiger partial charge in [-0.15, -0.1) is 12.4 Å². The van der Waals surface area contributed by atoms with Crippen molar-refractivity contribution in [3.8, 4) is 0 Å². The first-order valence-electron chi connectivity index (χ1n) is 7.44. The zero-order valence-electron chi connectivity index (χ0n) is 12.4. The van der Waals surface area contributed by atoms with E-state index in [-0.39, 0.29) is 36.3 Å². The number of hydrogen-bond acceptors (Lipinski definition) is 4. The van der Waals surface area contributed by atoms with Gasteiger partial charge >= 0.3 is 0 Å². The van der Waals surface area contributed by atoms with E-state index in [4.69, 9.17) is 0 Å². The van der Waals surface area contributed by atoms with Crippen LogP contribution in [0.4, 0.5) is 0 Å². The van der Waals surface area contributed by atoms with Crippen LogP contribution in [-0.2, 0) is 14.8 Å². The first kappa shape index (κ1) is 18.7. The van der Waals surface area contributed by atoms with Crippen molar-refractivity contribution in [1.82, 2.24) is 15.4 Å². The van der Waals surface area contributed by atoms with Crippen LogP contribution in [0.15, 0.2) is 0 Å².